The van der Waals surface area contributed by atoms with E-state index in [1.807, 2.05) is 37.3 Å². The van der Waals surface area contributed by atoms with Crippen LogP contribution in [0.25, 0.3) is 5.57 Å². The molecule has 138 valence electrons. The van der Waals surface area contributed by atoms with Gasteiger partial charge in [-0.1, -0.05) is 41.9 Å². The van der Waals surface area contributed by atoms with Crippen LogP contribution in [-0.4, -0.2) is 29.8 Å². The Morgan fingerprint density at radius 3 is 2.26 bits per heavy atom. The number of aryl methyl sites for hydroxylation is 1. The number of imide groups is 1. The van der Waals surface area contributed by atoms with E-state index >= 15 is 0 Å². The summed E-state index contributed by atoms with van der Waals surface area (Å²) in [6.07, 6.45) is 3.23. The molecule has 1 fully saturated rings. The van der Waals surface area contributed by atoms with E-state index in [9.17, 15) is 9.59 Å². The largest absolute Gasteiger partial charge is 0.366 e. The highest BCUT2D eigenvalue weighted by Gasteiger charge is 2.43. The molecule has 2 heterocycles. The number of nitrogens with zero attached hydrogens (tertiary/aromatic N) is 2. The lowest BCUT2D eigenvalue weighted by atomic mass is 10.0. The average molecular weight is 381 g/mol. The maximum Gasteiger partial charge on any atom is 0.282 e. The van der Waals surface area contributed by atoms with E-state index in [4.69, 9.17) is 11.6 Å². The molecule has 0 unspecified atom stereocenters. The quantitative estimate of drug-likeness (QED) is 0.740. The highest BCUT2D eigenvalue weighted by Crippen LogP contribution is 2.37. The van der Waals surface area contributed by atoms with E-state index < -0.39 is 0 Å². The molecule has 1 saturated heterocycles. The standard InChI is InChI=1S/C22H21ClN2O2/c1-15-14-17(23)10-11-18(15)25-21(26)19(16-8-4-2-5-9-16)20(22(25)27)24-12-6-3-7-13-24/h2,4-5,8-11,14H,3,6-7,12-13H2,1H3. The summed E-state index contributed by atoms with van der Waals surface area (Å²) in [5, 5.41) is 0.586. The number of benzene rings is 2. The van der Waals surface area contributed by atoms with Crippen molar-refractivity contribution in [1.29, 1.82) is 0 Å². The lowest BCUT2D eigenvalue weighted by Crippen LogP contribution is -2.37. The van der Waals surface area contributed by atoms with Crippen molar-refractivity contribution in [2.24, 2.45) is 0 Å². The second-order valence-corrected chi connectivity index (χ2v) is 7.45. The molecule has 0 N–H and O–H groups in total. The first-order valence-electron chi connectivity index (χ1n) is 9.27. The molecule has 5 heteroatoms. The van der Waals surface area contributed by atoms with E-state index in [2.05, 4.69) is 4.90 Å². The van der Waals surface area contributed by atoms with Crippen LogP contribution < -0.4 is 4.90 Å². The summed E-state index contributed by atoms with van der Waals surface area (Å²) in [6, 6.07) is 14.7. The molecule has 2 amide bonds. The average Bonchev–Trinajstić information content (AvgIpc) is 2.94. The smallest absolute Gasteiger partial charge is 0.282 e. The number of hydrogen-bond acceptors (Lipinski definition) is 3. The predicted molar refractivity (Wildman–Crippen MR) is 107 cm³/mol. The first-order chi connectivity index (χ1) is 13.1. The second kappa shape index (κ2) is 7.20. The van der Waals surface area contributed by atoms with Crippen LogP contribution in [0.15, 0.2) is 54.2 Å². The SMILES string of the molecule is Cc1cc(Cl)ccc1N1C(=O)C(c2ccccc2)=C(N2CCCCC2)C1=O. The third kappa shape index (κ3) is 3.15. The van der Waals surface area contributed by atoms with Crippen molar-refractivity contribution >= 4 is 34.7 Å². The molecular formula is C22H21ClN2O2. The van der Waals surface area contributed by atoms with E-state index in [-0.39, 0.29) is 11.8 Å². The molecular weight excluding hydrogens is 360 g/mol. The van der Waals surface area contributed by atoms with Gasteiger partial charge in [-0.05, 0) is 55.5 Å². The summed E-state index contributed by atoms with van der Waals surface area (Å²) in [7, 11) is 0. The Kier molecular flexibility index (Phi) is 4.75. The summed E-state index contributed by atoms with van der Waals surface area (Å²) in [4.78, 5) is 30.2. The second-order valence-electron chi connectivity index (χ2n) is 7.01. The number of piperidine rings is 1. The zero-order chi connectivity index (χ0) is 19.0. The number of likely N-dealkylation sites (tertiary alicyclic amines) is 1. The van der Waals surface area contributed by atoms with Gasteiger partial charge < -0.3 is 4.90 Å². The fourth-order valence-corrected chi connectivity index (χ4v) is 4.11. The van der Waals surface area contributed by atoms with Crippen molar-refractivity contribution in [3.05, 3.63) is 70.4 Å². The van der Waals surface area contributed by atoms with Crippen LogP contribution in [0.3, 0.4) is 0 Å². The van der Waals surface area contributed by atoms with Gasteiger partial charge in [0, 0.05) is 18.1 Å². The van der Waals surface area contributed by atoms with Crippen molar-refractivity contribution in [2.45, 2.75) is 26.2 Å². The van der Waals surface area contributed by atoms with E-state index in [0.717, 1.165) is 43.5 Å². The normalized spacial score (nSPS) is 17.9. The summed E-state index contributed by atoms with van der Waals surface area (Å²) in [5.74, 6) is -0.511. The fourth-order valence-electron chi connectivity index (χ4n) is 3.88. The Morgan fingerprint density at radius 2 is 1.59 bits per heavy atom. The highest BCUT2D eigenvalue weighted by molar-refractivity contribution is 6.45. The minimum absolute atomic E-state index is 0.244. The molecule has 0 spiro atoms. The Balaban J connectivity index is 1.84. The van der Waals surface area contributed by atoms with Crippen molar-refractivity contribution in [2.75, 3.05) is 18.0 Å². The molecule has 2 aromatic carbocycles. The summed E-state index contributed by atoms with van der Waals surface area (Å²) < 4.78 is 0. The van der Waals surface area contributed by atoms with Crippen LogP contribution >= 0.6 is 11.6 Å². The molecule has 0 aliphatic carbocycles. The minimum atomic E-state index is -0.266. The van der Waals surface area contributed by atoms with Gasteiger partial charge in [0.25, 0.3) is 11.8 Å². The minimum Gasteiger partial charge on any atom is -0.366 e. The Hall–Kier alpha value is -2.59. The van der Waals surface area contributed by atoms with Gasteiger partial charge in [0.05, 0.1) is 11.3 Å². The Labute approximate surface area is 164 Å². The zero-order valence-corrected chi connectivity index (χ0v) is 16.0. The van der Waals surface area contributed by atoms with Gasteiger partial charge in [-0.2, -0.15) is 0 Å². The van der Waals surface area contributed by atoms with Crippen LogP contribution in [0.5, 0.6) is 0 Å². The van der Waals surface area contributed by atoms with Crippen molar-refractivity contribution in [3.63, 3.8) is 0 Å². The number of halogens is 1. The lowest BCUT2D eigenvalue weighted by Gasteiger charge is -2.29. The number of hydrogen-bond donors (Lipinski definition) is 0. The van der Waals surface area contributed by atoms with E-state index in [1.54, 1.807) is 18.2 Å². The van der Waals surface area contributed by atoms with E-state index in [0.29, 0.717) is 22.0 Å². The van der Waals surface area contributed by atoms with Crippen LogP contribution in [0.2, 0.25) is 5.02 Å². The monoisotopic (exact) mass is 380 g/mol. The number of anilines is 1. The summed E-state index contributed by atoms with van der Waals surface area (Å²) >= 11 is 6.06. The van der Waals surface area contributed by atoms with Gasteiger partial charge >= 0.3 is 0 Å². The number of amides is 2. The van der Waals surface area contributed by atoms with Crippen molar-refractivity contribution < 1.29 is 9.59 Å². The molecule has 0 bridgehead atoms. The van der Waals surface area contributed by atoms with Crippen LogP contribution in [-0.2, 0) is 9.59 Å². The molecule has 0 radical (unpaired) electrons. The lowest BCUT2D eigenvalue weighted by molar-refractivity contribution is -0.120. The van der Waals surface area contributed by atoms with Crippen molar-refractivity contribution in [1.82, 2.24) is 4.90 Å². The Bertz CT molecular complexity index is 931. The molecule has 4 rings (SSSR count). The van der Waals surface area contributed by atoms with Gasteiger partial charge in [-0.25, -0.2) is 4.90 Å². The molecule has 4 nitrogen and oxygen atoms in total. The topological polar surface area (TPSA) is 40.6 Å². The highest BCUT2D eigenvalue weighted by atomic mass is 35.5. The molecule has 2 aliphatic rings. The van der Waals surface area contributed by atoms with Gasteiger partial charge in [0.2, 0.25) is 0 Å². The predicted octanol–water partition coefficient (Wildman–Crippen LogP) is 4.42. The number of carbonyl (C=O) groups is 2. The van der Waals surface area contributed by atoms with Gasteiger partial charge in [-0.15, -0.1) is 0 Å². The number of rotatable bonds is 3. The molecule has 2 aromatic rings. The third-order valence-electron chi connectivity index (χ3n) is 5.19. The van der Waals surface area contributed by atoms with Crippen LogP contribution in [0, 0.1) is 6.92 Å². The molecule has 0 saturated carbocycles. The summed E-state index contributed by atoms with van der Waals surface area (Å²) in [6.45, 7) is 3.47. The maximum absolute atomic E-state index is 13.4. The molecule has 0 aromatic heterocycles. The third-order valence-corrected chi connectivity index (χ3v) is 5.43. The fraction of sp³-hybridized carbons (Fsp3) is 0.273. The maximum atomic E-state index is 13.4. The molecule has 2 aliphatic heterocycles. The van der Waals surface area contributed by atoms with Crippen LogP contribution in [0.1, 0.15) is 30.4 Å². The number of carbonyl (C=O) groups excluding carboxylic acids is 2. The zero-order valence-electron chi connectivity index (χ0n) is 15.2. The van der Waals surface area contributed by atoms with Crippen LogP contribution in [0.4, 0.5) is 5.69 Å². The van der Waals surface area contributed by atoms with Crippen molar-refractivity contribution in [3.8, 4) is 0 Å². The molecule has 27 heavy (non-hydrogen) atoms. The Morgan fingerprint density at radius 1 is 0.889 bits per heavy atom. The van der Waals surface area contributed by atoms with Gasteiger partial charge in [0.1, 0.15) is 5.70 Å². The first-order valence-corrected chi connectivity index (χ1v) is 9.65. The van der Waals surface area contributed by atoms with Gasteiger partial charge in [-0.3, -0.25) is 9.59 Å². The summed E-state index contributed by atoms with van der Waals surface area (Å²) in [5.41, 5.74) is 3.20. The first kappa shape index (κ1) is 17.8. The molecule has 0 atom stereocenters. The van der Waals surface area contributed by atoms with Gasteiger partial charge in [0.15, 0.2) is 0 Å². The van der Waals surface area contributed by atoms with E-state index in [1.165, 1.54) is 4.90 Å².